The fraction of sp³-hybridized carbons (Fsp3) is 0.350. The van der Waals surface area contributed by atoms with E-state index in [-0.39, 0.29) is 10.6 Å². The lowest BCUT2D eigenvalue weighted by Gasteiger charge is -2.12. The number of carbonyl (C=O) groups is 1. The lowest BCUT2D eigenvalue weighted by atomic mass is 9.98. The Morgan fingerprint density at radius 3 is 2.22 bits per heavy atom. The predicted octanol–water partition coefficient (Wildman–Crippen LogP) is 6.25. The summed E-state index contributed by atoms with van der Waals surface area (Å²) in [6.07, 6.45) is 3.09. The highest BCUT2D eigenvalue weighted by atomic mass is 79.9. The van der Waals surface area contributed by atoms with Crippen LogP contribution < -0.4 is 4.74 Å². The summed E-state index contributed by atoms with van der Waals surface area (Å²) in [5.41, 5.74) is 0.719. The number of benzene rings is 2. The fourth-order valence-electron chi connectivity index (χ4n) is 2.26. The molecule has 0 aliphatic heterocycles. The minimum Gasteiger partial charge on any atom is -0.457 e. The van der Waals surface area contributed by atoms with Gasteiger partial charge >= 0.3 is 0 Å². The van der Waals surface area contributed by atoms with E-state index in [0.29, 0.717) is 5.92 Å². The van der Waals surface area contributed by atoms with Gasteiger partial charge in [0.25, 0.3) is 0 Å². The van der Waals surface area contributed by atoms with Crippen molar-refractivity contribution in [1.82, 2.24) is 0 Å². The first-order chi connectivity index (χ1) is 11.1. The van der Waals surface area contributed by atoms with E-state index < -0.39 is 0 Å². The zero-order chi connectivity index (χ0) is 16.7. The molecule has 0 saturated heterocycles. The van der Waals surface area contributed by atoms with Gasteiger partial charge in [-0.1, -0.05) is 54.4 Å². The maximum atomic E-state index is 12.4. The zero-order valence-corrected chi connectivity index (χ0v) is 15.3. The van der Waals surface area contributed by atoms with Gasteiger partial charge in [0.2, 0.25) is 0 Å². The lowest BCUT2D eigenvalue weighted by Crippen LogP contribution is -2.15. The average molecular weight is 375 g/mol. The van der Waals surface area contributed by atoms with Crippen molar-refractivity contribution in [2.75, 3.05) is 0 Å². The largest absolute Gasteiger partial charge is 0.457 e. The molecule has 2 rings (SSSR count). The van der Waals surface area contributed by atoms with Crippen molar-refractivity contribution in [3.8, 4) is 11.5 Å². The van der Waals surface area contributed by atoms with Crippen molar-refractivity contribution >= 4 is 21.7 Å². The van der Waals surface area contributed by atoms with Gasteiger partial charge in [-0.3, -0.25) is 4.79 Å². The Labute approximate surface area is 147 Å². The van der Waals surface area contributed by atoms with Crippen LogP contribution in [0.3, 0.4) is 0 Å². The van der Waals surface area contributed by atoms with Crippen LogP contribution in [0.2, 0.25) is 0 Å². The molecule has 0 aliphatic rings. The maximum absolute atomic E-state index is 12.4. The molecule has 3 heteroatoms. The standard InChI is InChI=1S/C20H23BrO2/c1-3-15(2)9-14-19(21)20(22)16-10-12-18(13-11-16)23-17-7-5-4-6-8-17/h4-8,10-13,15,19H,3,9,14H2,1-2H3. The number of rotatable bonds is 8. The second kappa shape index (κ2) is 8.88. The second-order valence-electron chi connectivity index (χ2n) is 5.86. The summed E-state index contributed by atoms with van der Waals surface area (Å²) in [6, 6.07) is 17.0. The number of ether oxygens (including phenoxy) is 1. The summed E-state index contributed by atoms with van der Waals surface area (Å²) in [5, 5.41) is 0. The Morgan fingerprint density at radius 1 is 1.00 bits per heavy atom. The van der Waals surface area contributed by atoms with Crippen molar-refractivity contribution in [2.45, 2.75) is 37.9 Å². The van der Waals surface area contributed by atoms with Gasteiger partial charge in [0.1, 0.15) is 11.5 Å². The third-order valence-corrected chi connectivity index (χ3v) is 4.89. The van der Waals surface area contributed by atoms with E-state index in [1.807, 2.05) is 54.6 Å². The maximum Gasteiger partial charge on any atom is 0.176 e. The first-order valence-corrected chi connectivity index (χ1v) is 9.03. The molecule has 0 aromatic heterocycles. The molecule has 0 heterocycles. The van der Waals surface area contributed by atoms with Crippen LogP contribution in [0.4, 0.5) is 0 Å². The van der Waals surface area contributed by atoms with Crippen molar-refractivity contribution in [2.24, 2.45) is 5.92 Å². The van der Waals surface area contributed by atoms with Gasteiger partial charge in [-0.25, -0.2) is 0 Å². The molecule has 0 bridgehead atoms. The van der Waals surface area contributed by atoms with Crippen LogP contribution in [-0.4, -0.2) is 10.6 Å². The van der Waals surface area contributed by atoms with E-state index in [9.17, 15) is 4.79 Å². The van der Waals surface area contributed by atoms with Crippen molar-refractivity contribution < 1.29 is 9.53 Å². The zero-order valence-electron chi connectivity index (χ0n) is 13.7. The molecular weight excluding hydrogens is 352 g/mol. The molecule has 0 saturated carbocycles. The van der Waals surface area contributed by atoms with Gasteiger partial charge < -0.3 is 4.74 Å². The summed E-state index contributed by atoms with van der Waals surface area (Å²) in [4.78, 5) is 12.3. The Bertz CT molecular complexity index is 607. The number of ketones is 1. The average Bonchev–Trinajstić information content (AvgIpc) is 2.60. The minimum atomic E-state index is -0.114. The lowest BCUT2D eigenvalue weighted by molar-refractivity contribution is 0.0986. The summed E-state index contributed by atoms with van der Waals surface area (Å²) < 4.78 is 5.74. The number of para-hydroxylation sites is 1. The molecule has 0 fully saturated rings. The summed E-state index contributed by atoms with van der Waals surface area (Å²) >= 11 is 3.53. The number of Topliss-reactive ketones (excluding diaryl/α,β-unsaturated/α-hetero) is 1. The van der Waals surface area contributed by atoms with Gasteiger partial charge in [-0.05, 0) is 55.2 Å². The normalized spacial score (nSPS) is 13.3. The quantitative estimate of drug-likeness (QED) is 0.403. The number of hydrogen-bond acceptors (Lipinski definition) is 2. The first-order valence-electron chi connectivity index (χ1n) is 8.11. The highest BCUT2D eigenvalue weighted by Gasteiger charge is 2.17. The Kier molecular flexibility index (Phi) is 6.85. The van der Waals surface area contributed by atoms with Crippen LogP contribution in [0.1, 0.15) is 43.5 Å². The molecule has 0 radical (unpaired) electrons. The van der Waals surface area contributed by atoms with Crippen LogP contribution in [-0.2, 0) is 0 Å². The molecule has 23 heavy (non-hydrogen) atoms. The van der Waals surface area contributed by atoms with E-state index in [2.05, 4.69) is 29.8 Å². The molecule has 122 valence electrons. The molecule has 0 amide bonds. The molecular formula is C20H23BrO2. The number of carbonyl (C=O) groups excluding carboxylic acids is 1. The Morgan fingerprint density at radius 2 is 1.61 bits per heavy atom. The highest BCUT2D eigenvalue weighted by Crippen LogP contribution is 2.24. The first kappa shape index (κ1) is 17.7. The van der Waals surface area contributed by atoms with E-state index in [0.717, 1.165) is 36.3 Å². The van der Waals surface area contributed by atoms with Crippen molar-refractivity contribution in [3.63, 3.8) is 0 Å². The van der Waals surface area contributed by atoms with Crippen LogP contribution >= 0.6 is 15.9 Å². The van der Waals surface area contributed by atoms with E-state index in [4.69, 9.17) is 4.74 Å². The highest BCUT2D eigenvalue weighted by molar-refractivity contribution is 9.10. The third-order valence-electron chi connectivity index (χ3n) is 4.01. The fourth-order valence-corrected chi connectivity index (χ4v) is 2.79. The predicted molar refractivity (Wildman–Crippen MR) is 98.7 cm³/mol. The number of hydrogen-bond donors (Lipinski definition) is 0. The molecule has 2 unspecified atom stereocenters. The summed E-state index contributed by atoms with van der Waals surface area (Å²) in [7, 11) is 0. The SMILES string of the molecule is CCC(C)CCC(Br)C(=O)c1ccc(Oc2ccccc2)cc1. The van der Waals surface area contributed by atoms with E-state index in [1.165, 1.54) is 0 Å². The molecule has 2 atom stereocenters. The van der Waals surface area contributed by atoms with Gasteiger partial charge in [-0.2, -0.15) is 0 Å². The Balaban J connectivity index is 1.94. The topological polar surface area (TPSA) is 26.3 Å². The van der Waals surface area contributed by atoms with Gasteiger partial charge in [0.15, 0.2) is 5.78 Å². The van der Waals surface area contributed by atoms with Crippen LogP contribution in [0.15, 0.2) is 54.6 Å². The van der Waals surface area contributed by atoms with Gasteiger partial charge in [0, 0.05) is 5.56 Å². The minimum absolute atomic E-state index is 0.114. The van der Waals surface area contributed by atoms with Crippen LogP contribution in [0, 0.1) is 5.92 Å². The molecule has 2 aromatic carbocycles. The smallest absolute Gasteiger partial charge is 0.176 e. The summed E-state index contributed by atoms with van der Waals surface area (Å²) in [6.45, 7) is 4.40. The van der Waals surface area contributed by atoms with Gasteiger partial charge in [-0.15, -0.1) is 0 Å². The Hall–Kier alpha value is -1.61. The number of alkyl halides is 1. The van der Waals surface area contributed by atoms with E-state index in [1.54, 1.807) is 0 Å². The monoisotopic (exact) mass is 374 g/mol. The van der Waals surface area contributed by atoms with E-state index >= 15 is 0 Å². The summed E-state index contributed by atoms with van der Waals surface area (Å²) in [5.74, 6) is 2.32. The van der Waals surface area contributed by atoms with Crippen LogP contribution in [0.25, 0.3) is 0 Å². The molecule has 2 aromatic rings. The van der Waals surface area contributed by atoms with Gasteiger partial charge in [0.05, 0.1) is 4.83 Å². The molecule has 0 aliphatic carbocycles. The van der Waals surface area contributed by atoms with Crippen LogP contribution in [0.5, 0.6) is 11.5 Å². The molecule has 0 spiro atoms. The number of halogens is 1. The van der Waals surface area contributed by atoms with Crippen molar-refractivity contribution in [1.29, 1.82) is 0 Å². The molecule has 0 N–H and O–H groups in total. The van der Waals surface area contributed by atoms with Crippen molar-refractivity contribution in [3.05, 3.63) is 60.2 Å². The third kappa shape index (κ3) is 5.51. The second-order valence-corrected chi connectivity index (χ2v) is 6.97. The molecule has 2 nitrogen and oxygen atoms in total.